The molecule has 2 fully saturated rings. The average molecular weight is 264 g/mol. The molecule has 2 aliphatic rings. The Bertz CT molecular complexity index is 509. The maximum absolute atomic E-state index is 12.3. The third kappa shape index (κ3) is 2.32. The maximum atomic E-state index is 12.3. The van der Waals surface area contributed by atoms with Crippen LogP contribution < -0.4 is 0 Å². The standard InChI is InChI=1S/C12H16N4O3/c17-11(10-13-9(14-15-10)7-4-5-7)16-6-2-1-3-8(16)12(18)19/h7-8H,1-6H2,(H,18,19)(H,13,14,15)/t8-/m0/s1. The fourth-order valence-electron chi connectivity index (χ4n) is 2.47. The van der Waals surface area contributed by atoms with E-state index in [1.807, 2.05) is 0 Å². The second-order valence-electron chi connectivity index (χ2n) is 5.17. The van der Waals surface area contributed by atoms with Gasteiger partial charge in [-0.2, -0.15) is 0 Å². The Labute approximate surface area is 110 Å². The Morgan fingerprint density at radius 3 is 2.74 bits per heavy atom. The van der Waals surface area contributed by atoms with Crippen LogP contribution in [0.5, 0.6) is 0 Å². The van der Waals surface area contributed by atoms with E-state index in [1.165, 1.54) is 4.90 Å². The number of carbonyl (C=O) groups is 2. The van der Waals surface area contributed by atoms with Crippen LogP contribution in [0.1, 0.15) is 54.5 Å². The van der Waals surface area contributed by atoms with Crippen LogP contribution in [0.2, 0.25) is 0 Å². The van der Waals surface area contributed by atoms with Crippen LogP contribution in [-0.4, -0.2) is 49.7 Å². The molecule has 1 aliphatic carbocycles. The topological polar surface area (TPSA) is 99.2 Å². The number of aromatic nitrogens is 3. The first-order valence-electron chi connectivity index (χ1n) is 6.63. The van der Waals surface area contributed by atoms with Gasteiger partial charge in [0, 0.05) is 12.5 Å². The molecule has 19 heavy (non-hydrogen) atoms. The first kappa shape index (κ1) is 12.1. The molecule has 1 saturated heterocycles. The maximum Gasteiger partial charge on any atom is 0.326 e. The van der Waals surface area contributed by atoms with Crippen molar-refractivity contribution in [3.63, 3.8) is 0 Å². The van der Waals surface area contributed by atoms with E-state index >= 15 is 0 Å². The molecular formula is C12H16N4O3. The summed E-state index contributed by atoms with van der Waals surface area (Å²) in [6.45, 7) is 0.461. The summed E-state index contributed by atoms with van der Waals surface area (Å²) < 4.78 is 0. The first-order valence-corrected chi connectivity index (χ1v) is 6.63. The number of likely N-dealkylation sites (tertiary alicyclic amines) is 1. The summed E-state index contributed by atoms with van der Waals surface area (Å²) in [4.78, 5) is 29.0. The van der Waals surface area contributed by atoms with Gasteiger partial charge < -0.3 is 10.0 Å². The summed E-state index contributed by atoms with van der Waals surface area (Å²) >= 11 is 0. The number of nitrogens with one attached hydrogen (secondary N) is 1. The van der Waals surface area contributed by atoms with E-state index in [2.05, 4.69) is 15.2 Å². The predicted octanol–water partition coefficient (Wildman–Crippen LogP) is 0.761. The Hall–Kier alpha value is -1.92. The smallest absolute Gasteiger partial charge is 0.326 e. The van der Waals surface area contributed by atoms with Crippen molar-refractivity contribution in [2.45, 2.75) is 44.1 Å². The molecule has 0 spiro atoms. The van der Waals surface area contributed by atoms with Crippen LogP contribution in [0, 0.1) is 0 Å². The van der Waals surface area contributed by atoms with E-state index in [4.69, 9.17) is 5.11 Å². The predicted molar refractivity (Wildman–Crippen MR) is 64.7 cm³/mol. The van der Waals surface area contributed by atoms with Gasteiger partial charge in [-0.05, 0) is 32.1 Å². The zero-order chi connectivity index (χ0) is 13.4. The number of H-pyrrole nitrogens is 1. The first-order chi connectivity index (χ1) is 9.16. The number of amides is 1. The van der Waals surface area contributed by atoms with Gasteiger partial charge in [-0.1, -0.05) is 0 Å². The number of carboxylic acid groups (broad SMARTS) is 1. The summed E-state index contributed by atoms with van der Waals surface area (Å²) in [7, 11) is 0. The molecule has 1 aliphatic heterocycles. The monoisotopic (exact) mass is 264 g/mol. The van der Waals surface area contributed by atoms with E-state index in [-0.39, 0.29) is 11.7 Å². The molecule has 7 nitrogen and oxygen atoms in total. The van der Waals surface area contributed by atoms with Crippen LogP contribution >= 0.6 is 0 Å². The summed E-state index contributed by atoms with van der Waals surface area (Å²) in [5.41, 5.74) is 0. The molecule has 1 aromatic rings. The van der Waals surface area contributed by atoms with Crippen LogP contribution in [0.4, 0.5) is 0 Å². The lowest BCUT2D eigenvalue weighted by molar-refractivity contribution is -0.143. The lowest BCUT2D eigenvalue weighted by Gasteiger charge is -2.31. The number of aliphatic carboxylic acids is 1. The summed E-state index contributed by atoms with van der Waals surface area (Å²) in [6.07, 6.45) is 4.31. The number of hydrogen-bond acceptors (Lipinski definition) is 4. The van der Waals surface area contributed by atoms with E-state index < -0.39 is 12.0 Å². The molecule has 0 radical (unpaired) electrons. The molecular weight excluding hydrogens is 248 g/mol. The van der Waals surface area contributed by atoms with Crippen molar-refractivity contribution in [2.24, 2.45) is 0 Å². The van der Waals surface area contributed by atoms with Crippen molar-refractivity contribution in [3.05, 3.63) is 11.6 Å². The van der Waals surface area contributed by atoms with E-state index in [0.717, 1.165) is 31.5 Å². The van der Waals surface area contributed by atoms with E-state index in [0.29, 0.717) is 18.9 Å². The van der Waals surface area contributed by atoms with Gasteiger partial charge in [-0.25, -0.2) is 9.78 Å². The number of carbonyl (C=O) groups excluding carboxylic acids is 1. The Morgan fingerprint density at radius 1 is 1.26 bits per heavy atom. The van der Waals surface area contributed by atoms with Gasteiger partial charge >= 0.3 is 5.97 Å². The molecule has 1 saturated carbocycles. The minimum absolute atomic E-state index is 0.0926. The number of rotatable bonds is 3. The fraction of sp³-hybridized carbons (Fsp3) is 0.667. The van der Waals surface area contributed by atoms with Gasteiger partial charge in [-0.15, -0.1) is 5.10 Å². The van der Waals surface area contributed by atoms with Crippen LogP contribution in [-0.2, 0) is 4.79 Å². The van der Waals surface area contributed by atoms with Crippen molar-refractivity contribution in [1.29, 1.82) is 0 Å². The second-order valence-corrected chi connectivity index (χ2v) is 5.17. The summed E-state index contributed by atoms with van der Waals surface area (Å²) in [6, 6.07) is -0.746. The zero-order valence-electron chi connectivity index (χ0n) is 10.5. The minimum Gasteiger partial charge on any atom is -0.480 e. The molecule has 1 aromatic heterocycles. The second kappa shape index (κ2) is 4.64. The number of nitrogens with zero attached hydrogens (tertiary/aromatic N) is 3. The molecule has 102 valence electrons. The van der Waals surface area contributed by atoms with Crippen molar-refractivity contribution in [3.8, 4) is 0 Å². The van der Waals surface area contributed by atoms with Gasteiger partial charge in [0.2, 0.25) is 5.82 Å². The van der Waals surface area contributed by atoms with E-state index in [1.54, 1.807) is 0 Å². The van der Waals surface area contributed by atoms with Crippen molar-refractivity contribution in [1.82, 2.24) is 20.1 Å². The average Bonchev–Trinajstić information content (AvgIpc) is 3.16. The van der Waals surface area contributed by atoms with Crippen LogP contribution in [0.15, 0.2) is 0 Å². The molecule has 2 heterocycles. The molecule has 2 N–H and O–H groups in total. The summed E-state index contributed by atoms with van der Waals surface area (Å²) in [5.74, 6) is -0.103. The number of carboxylic acids is 1. The van der Waals surface area contributed by atoms with Crippen molar-refractivity contribution >= 4 is 11.9 Å². The van der Waals surface area contributed by atoms with Crippen molar-refractivity contribution < 1.29 is 14.7 Å². The molecule has 0 bridgehead atoms. The lowest BCUT2D eigenvalue weighted by atomic mass is 10.0. The lowest BCUT2D eigenvalue weighted by Crippen LogP contribution is -2.48. The normalized spacial score (nSPS) is 23.4. The zero-order valence-corrected chi connectivity index (χ0v) is 10.5. The van der Waals surface area contributed by atoms with Gasteiger partial charge in [0.15, 0.2) is 0 Å². The van der Waals surface area contributed by atoms with Gasteiger partial charge in [0.25, 0.3) is 5.91 Å². The number of piperidine rings is 1. The van der Waals surface area contributed by atoms with E-state index in [9.17, 15) is 9.59 Å². The molecule has 1 amide bonds. The Balaban J connectivity index is 1.78. The van der Waals surface area contributed by atoms with Gasteiger partial charge in [0.1, 0.15) is 11.9 Å². The highest BCUT2D eigenvalue weighted by molar-refractivity contribution is 5.93. The fourth-order valence-corrected chi connectivity index (χ4v) is 2.47. The largest absolute Gasteiger partial charge is 0.480 e. The van der Waals surface area contributed by atoms with Crippen molar-refractivity contribution in [2.75, 3.05) is 6.54 Å². The number of hydrogen-bond donors (Lipinski definition) is 2. The third-order valence-electron chi connectivity index (χ3n) is 3.71. The van der Waals surface area contributed by atoms with Crippen LogP contribution in [0.25, 0.3) is 0 Å². The molecule has 7 heteroatoms. The SMILES string of the molecule is O=C(O)[C@@H]1CCCCN1C(=O)c1n[nH]c(C2CC2)n1. The number of aromatic amines is 1. The van der Waals surface area contributed by atoms with Crippen LogP contribution in [0.3, 0.4) is 0 Å². The Kier molecular flexibility index (Phi) is 2.96. The van der Waals surface area contributed by atoms with Gasteiger partial charge in [0.05, 0.1) is 0 Å². The molecule has 0 aromatic carbocycles. The molecule has 1 atom stereocenters. The highest BCUT2D eigenvalue weighted by Gasteiger charge is 2.35. The van der Waals surface area contributed by atoms with Gasteiger partial charge in [-0.3, -0.25) is 9.89 Å². The molecule has 0 unspecified atom stereocenters. The highest BCUT2D eigenvalue weighted by atomic mass is 16.4. The molecule has 3 rings (SSSR count). The highest BCUT2D eigenvalue weighted by Crippen LogP contribution is 2.37. The summed E-state index contributed by atoms with van der Waals surface area (Å²) in [5, 5.41) is 15.9. The minimum atomic E-state index is -0.953. The Morgan fingerprint density at radius 2 is 2.05 bits per heavy atom. The third-order valence-corrected chi connectivity index (χ3v) is 3.71. The quantitative estimate of drug-likeness (QED) is 0.839.